The number of benzene rings is 7. The van der Waals surface area contributed by atoms with E-state index in [1.807, 2.05) is 30.6 Å². The average Bonchev–Trinajstić information content (AvgIpc) is 3.97. The van der Waals surface area contributed by atoms with Crippen LogP contribution in [-0.2, 0) is 6.04 Å². The van der Waals surface area contributed by atoms with Crippen molar-refractivity contribution >= 4 is 89.3 Å². The van der Waals surface area contributed by atoms with Gasteiger partial charge in [-0.1, -0.05) is 109 Å². The minimum atomic E-state index is -3.01. The van der Waals surface area contributed by atoms with Gasteiger partial charge in [-0.3, -0.25) is 9.97 Å². The molecule has 278 valence electrons. The van der Waals surface area contributed by atoms with Crippen molar-refractivity contribution in [2.75, 3.05) is 0 Å². The summed E-state index contributed by atoms with van der Waals surface area (Å²) in [5.74, 6) is 0. The van der Waals surface area contributed by atoms with Crippen molar-refractivity contribution < 1.29 is 4.42 Å². The monoisotopic (exact) mass is 772 g/mol. The summed E-state index contributed by atoms with van der Waals surface area (Å²) in [4.78, 5) is 10.2. The largest absolute Gasteiger partial charge is 0.456 e. The van der Waals surface area contributed by atoms with Gasteiger partial charge in [0, 0.05) is 67.1 Å². The number of hydrogen-bond donors (Lipinski definition) is 0. The van der Waals surface area contributed by atoms with E-state index in [2.05, 4.69) is 185 Å². The van der Waals surface area contributed by atoms with Crippen molar-refractivity contribution in [3.05, 3.63) is 212 Å². The number of para-hydroxylation sites is 4. The molecule has 0 amide bonds. The Labute approximate surface area is 341 Å². The third-order valence-electron chi connectivity index (χ3n) is 12.2. The molecule has 0 spiro atoms. The summed E-state index contributed by atoms with van der Waals surface area (Å²) in [6.07, 6.45) is 3.86. The lowest BCUT2D eigenvalue weighted by Gasteiger charge is -2.33. The summed E-state index contributed by atoms with van der Waals surface area (Å²) in [7, 11) is -3.01. The van der Waals surface area contributed by atoms with E-state index >= 15 is 0 Å². The molecule has 0 saturated carbocycles. The van der Waals surface area contributed by atoms with Crippen molar-refractivity contribution in [3.63, 3.8) is 0 Å². The Balaban J connectivity index is 1.14. The molecular formula is C53H36N4OSi. The van der Waals surface area contributed by atoms with Crippen LogP contribution >= 0.6 is 0 Å². The molecule has 1 unspecified atom stereocenters. The minimum absolute atomic E-state index is 0.736. The predicted octanol–water partition coefficient (Wildman–Crippen LogP) is 10.8. The molecule has 5 nitrogen and oxygen atoms in total. The first kappa shape index (κ1) is 33.6. The Morgan fingerprint density at radius 3 is 1.61 bits per heavy atom. The van der Waals surface area contributed by atoms with E-state index in [0.29, 0.717) is 0 Å². The number of nitrogens with zero attached hydrogens (tertiary/aromatic N) is 4. The van der Waals surface area contributed by atoms with Gasteiger partial charge < -0.3 is 13.6 Å². The standard InChI is InChI=1S/C53H36N4OSi/c1-5-24-45-41(20-1)42-21-2-6-25-46(42)56(45)37-16-13-18-39(33-37)59(51-28-10-12-32-55-51,35-36-15-9-11-31-54-36)40-19-14-17-38(34-40)57-47-26-7-3-22-43(47)52-48(57)29-30-50-53(52)44-23-4-8-27-49(44)58-50/h1-34H,35H2. The highest BCUT2D eigenvalue weighted by molar-refractivity contribution is 7.10. The van der Waals surface area contributed by atoms with Crippen molar-refractivity contribution in [1.82, 2.24) is 19.1 Å². The van der Waals surface area contributed by atoms with Crippen LogP contribution in [0.2, 0.25) is 0 Å². The fraction of sp³-hybridized carbons (Fsp3) is 0.0189. The number of fused-ring (bicyclic) bond motifs is 10. The second kappa shape index (κ2) is 13.3. The highest BCUT2D eigenvalue weighted by Crippen LogP contribution is 2.41. The summed E-state index contributed by atoms with van der Waals surface area (Å²) in [6.45, 7) is 0. The summed E-state index contributed by atoms with van der Waals surface area (Å²) in [6, 6.07) is 70.8. The van der Waals surface area contributed by atoms with E-state index in [1.54, 1.807) is 0 Å². The topological polar surface area (TPSA) is 48.8 Å². The van der Waals surface area contributed by atoms with Crippen LogP contribution in [0.3, 0.4) is 0 Å². The lowest BCUT2D eigenvalue weighted by molar-refractivity contribution is 0.669. The SMILES string of the molecule is c1ccc(C[Si](c2cccc(-n3c4ccccc4c4ccccc43)c2)(c2cccc(-n3c4ccccc4c4c5c(ccc43)oc3ccccc35)c2)c2ccccn2)nc1. The van der Waals surface area contributed by atoms with Crippen LogP contribution in [-0.4, -0.2) is 27.2 Å². The zero-order valence-electron chi connectivity index (χ0n) is 32.0. The third kappa shape index (κ3) is 5.10. The van der Waals surface area contributed by atoms with Gasteiger partial charge in [-0.2, -0.15) is 0 Å². The Kier molecular flexibility index (Phi) is 7.55. The molecule has 0 bridgehead atoms. The normalized spacial score (nSPS) is 12.9. The lowest BCUT2D eigenvalue weighted by atomic mass is 10.1. The van der Waals surface area contributed by atoms with Crippen LogP contribution in [0.1, 0.15) is 5.69 Å². The van der Waals surface area contributed by atoms with Crippen LogP contribution in [0.25, 0.3) is 76.9 Å². The fourth-order valence-electron chi connectivity index (χ4n) is 9.72. The van der Waals surface area contributed by atoms with Gasteiger partial charge >= 0.3 is 0 Å². The average molecular weight is 773 g/mol. The molecule has 1 atom stereocenters. The summed E-state index contributed by atoms with van der Waals surface area (Å²) < 4.78 is 11.3. The Morgan fingerprint density at radius 1 is 0.407 bits per heavy atom. The summed E-state index contributed by atoms with van der Waals surface area (Å²) in [5.41, 5.74) is 9.75. The summed E-state index contributed by atoms with van der Waals surface area (Å²) in [5, 5.41) is 10.8. The first-order valence-corrected chi connectivity index (χ1v) is 22.3. The molecule has 12 aromatic rings. The first-order valence-electron chi connectivity index (χ1n) is 20.1. The Bertz CT molecular complexity index is 3500. The van der Waals surface area contributed by atoms with Crippen molar-refractivity contribution in [3.8, 4) is 11.4 Å². The molecule has 0 aliphatic carbocycles. The maximum atomic E-state index is 6.41. The van der Waals surface area contributed by atoms with E-state index in [1.165, 1.54) is 43.0 Å². The summed E-state index contributed by atoms with van der Waals surface area (Å²) >= 11 is 0. The van der Waals surface area contributed by atoms with Gasteiger partial charge in [-0.05, 0) is 101 Å². The molecule has 0 N–H and O–H groups in total. The maximum absolute atomic E-state index is 6.41. The number of aromatic nitrogens is 4. The zero-order chi connectivity index (χ0) is 38.9. The number of pyridine rings is 2. The van der Waals surface area contributed by atoms with Gasteiger partial charge in [0.05, 0.1) is 22.1 Å². The molecule has 59 heavy (non-hydrogen) atoms. The van der Waals surface area contributed by atoms with Gasteiger partial charge in [0.2, 0.25) is 0 Å². The molecule has 5 aromatic heterocycles. The molecule has 0 radical (unpaired) electrons. The molecule has 0 saturated heterocycles. The van der Waals surface area contributed by atoms with Crippen molar-refractivity contribution in [2.24, 2.45) is 0 Å². The number of rotatable bonds is 7. The lowest BCUT2D eigenvalue weighted by Crippen LogP contribution is -2.70. The molecule has 0 fully saturated rings. The Hall–Kier alpha value is -7.54. The van der Waals surface area contributed by atoms with E-state index in [9.17, 15) is 0 Å². The van der Waals surface area contributed by atoms with Crippen LogP contribution < -0.4 is 15.7 Å². The van der Waals surface area contributed by atoms with Crippen LogP contribution in [0.5, 0.6) is 0 Å². The van der Waals surface area contributed by atoms with Crippen molar-refractivity contribution in [1.29, 1.82) is 0 Å². The number of hydrogen-bond acceptors (Lipinski definition) is 3. The molecule has 5 heterocycles. The fourth-order valence-corrected chi connectivity index (χ4v) is 14.2. The van der Waals surface area contributed by atoms with E-state index in [-0.39, 0.29) is 0 Å². The molecule has 12 rings (SSSR count). The van der Waals surface area contributed by atoms with Crippen LogP contribution in [0.4, 0.5) is 0 Å². The molecule has 6 heteroatoms. The maximum Gasteiger partial charge on any atom is 0.177 e. The predicted molar refractivity (Wildman–Crippen MR) is 246 cm³/mol. The van der Waals surface area contributed by atoms with Gasteiger partial charge in [-0.15, -0.1) is 0 Å². The third-order valence-corrected chi connectivity index (χ3v) is 16.9. The van der Waals surface area contributed by atoms with E-state index in [0.717, 1.165) is 61.4 Å². The molecule has 7 aromatic carbocycles. The van der Waals surface area contributed by atoms with Crippen LogP contribution in [0, 0.1) is 0 Å². The van der Waals surface area contributed by atoms with Gasteiger partial charge in [-0.25, -0.2) is 0 Å². The minimum Gasteiger partial charge on any atom is -0.456 e. The highest BCUT2D eigenvalue weighted by Gasteiger charge is 2.42. The number of furan rings is 1. The van der Waals surface area contributed by atoms with E-state index in [4.69, 9.17) is 14.4 Å². The second-order valence-corrected chi connectivity index (χ2v) is 19.2. The Morgan fingerprint density at radius 2 is 0.966 bits per heavy atom. The van der Waals surface area contributed by atoms with Gasteiger partial charge in [0.15, 0.2) is 8.07 Å². The van der Waals surface area contributed by atoms with Crippen LogP contribution in [0.15, 0.2) is 211 Å². The first-order chi connectivity index (χ1) is 29.3. The van der Waals surface area contributed by atoms with Gasteiger partial charge in [0.1, 0.15) is 11.2 Å². The van der Waals surface area contributed by atoms with Crippen molar-refractivity contribution in [2.45, 2.75) is 6.04 Å². The second-order valence-electron chi connectivity index (χ2n) is 15.4. The molecule has 0 aliphatic rings. The quantitative estimate of drug-likeness (QED) is 0.152. The molecular weight excluding hydrogens is 737 g/mol. The van der Waals surface area contributed by atoms with E-state index < -0.39 is 8.07 Å². The highest BCUT2D eigenvalue weighted by atomic mass is 28.3. The molecule has 0 aliphatic heterocycles. The van der Waals surface area contributed by atoms with Gasteiger partial charge in [0.25, 0.3) is 0 Å². The smallest absolute Gasteiger partial charge is 0.177 e. The zero-order valence-corrected chi connectivity index (χ0v) is 33.0.